The number of carbonyl (C=O) groups is 3. The van der Waals surface area contributed by atoms with E-state index in [1.54, 1.807) is 0 Å². The molecular formula is C13H19NO5. The van der Waals surface area contributed by atoms with Gasteiger partial charge in [0.2, 0.25) is 5.91 Å². The second kappa shape index (κ2) is 7.56. The van der Waals surface area contributed by atoms with Crippen molar-refractivity contribution in [3.63, 3.8) is 0 Å². The molecule has 0 unspecified atom stereocenters. The van der Waals surface area contributed by atoms with Gasteiger partial charge in [0, 0.05) is 6.42 Å². The SMILES string of the molecule is COC(=O)C[C@H](NC(=O)CC1=CCCCC1)C(=O)O. The Morgan fingerprint density at radius 1 is 1.42 bits per heavy atom. The number of carbonyl (C=O) groups excluding carboxylic acids is 2. The van der Waals surface area contributed by atoms with Gasteiger partial charge in [0.05, 0.1) is 13.5 Å². The summed E-state index contributed by atoms with van der Waals surface area (Å²) in [5.74, 6) is -2.27. The Morgan fingerprint density at radius 3 is 2.68 bits per heavy atom. The maximum atomic E-state index is 11.7. The van der Waals surface area contributed by atoms with Gasteiger partial charge in [-0.3, -0.25) is 9.59 Å². The van der Waals surface area contributed by atoms with Gasteiger partial charge in [-0.25, -0.2) is 4.79 Å². The molecule has 0 aliphatic heterocycles. The van der Waals surface area contributed by atoms with Crippen molar-refractivity contribution in [3.05, 3.63) is 11.6 Å². The van der Waals surface area contributed by atoms with Gasteiger partial charge in [0.1, 0.15) is 6.04 Å². The third kappa shape index (κ3) is 5.54. The lowest BCUT2D eigenvalue weighted by Gasteiger charge is -2.16. The highest BCUT2D eigenvalue weighted by atomic mass is 16.5. The van der Waals surface area contributed by atoms with Gasteiger partial charge in [-0.1, -0.05) is 11.6 Å². The lowest BCUT2D eigenvalue weighted by Crippen LogP contribution is -2.42. The summed E-state index contributed by atoms with van der Waals surface area (Å²) in [7, 11) is 1.18. The van der Waals surface area contributed by atoms with Gasteiger partial charge >= 0.3 is 11.9 Å². The van der Waals surface area contributed by atoms with Crippen LogP contribution in [0.25, 0.3) is 0 Å². The normalized spacial score (nSPS) is 16.2. The zero-order valence-corrected chi connectivity index (χ0v) is 11.0. The monoisotopic (exact) mass is 269 g/mol. The summed E-state index contributed by atoms with van der Waals surface area (Å²) in [6, 6.07) is -1.23. The number of hydrogen-bond acceptors (Lipinski definition) is 4. The molecule has 1 aliphatic carbocycles. The number of ether oxygens (including phenoxy) is 1. The number of carboxylic acid groups (broad SMARTS) is 1. The molecule has 0 spiro atoms. The average Bonchev–Trinajstić information content (AvgIpc) is 2.38. The van der Waals surface area contributed by atoms with Gasteiger partial charge in [0.25, 0.3) is 0 Å². The minimum absolute atomic E-state index is 0.199. The van der Waals surface area contributed by atoms with E-state index in [1.807, 2.05) is 6.08 Å². The Morgan fingerprint density at radius 2 is 2.16 bits per heavy atom. The molecule has 19 heavy (non-hydrogen) atoms. The van der Waals surface area contributed by atoms with Gasteiger partial charge in [-0.05, 0) is 25.7 Å². The van der Waals surface area contributed by atoms with Gasteiger partial charge in [0.15, 0.2) is 0 Å². The molecule has 0 aromatic rings. The summed E-state index contributed by atoms with van der Waals surface area (Å²) >= 11 is 0. The molecule has 0 bridgehead atoms. The Bertz CT molecular complexity index is 388. The largest absolute Gasteiger partial charge is 0.480 e. The van der Waals surface area contributed by atoms with E-state index in [0.29, 0.717) is 0 Å². The summed E-state index contributed by atoms with van der Waals surface area (Å²) < 4.78 is 4.40. The summed E-state index contributed by atoms with van der Waals surface area (Å²) in [6.45, 7) is 0. The quantitative estimate of drug-likeness (QED) is 0.554. The first-order chi connectivity index (χ1) is 9.02. The Labute approximate surface area is 111 Å². The van der Waals surface area contributed by atoms with Crippen LogP contribution >= 0.6 is 0 Å². The van der Waals surface area contributed by atoms with Crippen LogP contribution in [0.2, 0.25) is 0 Å². The van der Waals surface area contributed by atoms with E-state index in [9.17, 15) is 14.4 Å². The van der Waals surface area contributed by atoms with Crippen LogP contribution in [0.3, 0.4) is 0 Å². The average molecular weight is 269 g/mol. The Balaban J connectivity index is 2.49. The van der Waals surface area contributed by atoms with Crippen LogP contribution in [0, 0.1) is 0 Å². The van der Waals surface area contributed by atoms with E-state index in [2.05, 4.69) is 10.1 Å². The summed E-state index contributed by atoms with van der Waals surface area (Å²) in [6.07, 6.45) is 5.89. The highest BCUT2D eigenvalue weighted by Crippen LogP contribution is 2.19. The van der Waals surface area contributed by atoms with Crippen LogP contribution in [-0.2, 0) is 19.1 Å². The van der Waals surface area contributed by atoms with E-state index < -0.39 is 18.0 Å². The number of nitrogens with one attached hydrogen (secondary N) is 1. The number of amides is 1. The van der Waals surface area contributed by atoms with E-state index in [1.165, 1.54) is 7.11 Å². The van der Waals surface area contributed by atoms with Gasteiger partial charge in [-0.2, -0.15) is 0 Å². The molecule has 6 heteroatoms. The van der Waals surface area contributed by atoms with E-state index in [-0.39, 0.29) is 18.7 Å². The number of methoxy groups -OCH3 is 1. The first-order valence-electron chi connectivity index (χ1n) is 6.30. The highest BCUT2D eigenvalue weighted by Gasteiger charge is 2.24. The topological polar surface area (TPSA) is 92.7 Å². The van der Waals surface area contributed by atoms with Crippen molar-refractivity contribution in [1.29, 1.82) is 0 Å². The van der Waals surface area contributed by atoms with Crippen LogP contribution in [0.5, 0.6) is 0 Å². The molecule has 0 aromatic carbocycles. The minimum atomic E-state index is -1.24. The Hall–Kier alpha value is -1.85. The van der Waals surface area contributed by atoms with Crippen LogP contribution in [0.15, 0.2) is 11.6 Å². The van der Waals surface area contributed by atoms with Gasteiger partial charge in [-0.15, -0.1) is 0 Å². The van der Waals surface area contributed by atoms with Crippen molar-refractivity contribution in [2.75, 3.05) is 7.11 Å². The van der Waals surface area contributed by atoms with Crippen molar-refractivity contribution in [2.24, 2.45) is 0 Å². The molecule has 1 atom stereocenters. The van der Waals surface area contributed by atoms with Crippen LogP contribution in [-0.4, -0.2) is 36.1 Å². The molecule has 0 aromatic heterocycles. The molecule has 0 radical (unpaired) electrons. The van der Waals surface area contributed by atoms with Crippen LogP contribution in [0.4, 0.5) is 0 Å². The van der Waals surface area contributed by atoms with Crippen molar-refractivity contribution in [1.82, 2.24) is 5.32 Å². The Kier molecular flexibility index (Phi) is 6.05. The molecule has 1 aliphatic rings. The smallest absolute Gasteiger partial charge is 0.326 e. The van der Waals surface area contributed by atoms with Crippen LogP contribution in [0.1, 0.15) is 38.5 Å². The molecule has 2 N–H and O–H groups in total. The summed E-state index contributed by atoms with van der Waals surface area (Å²) in [5.41, 5.74) is 1.03. The molecule has 1 rings (SSSR count). The van der Waals surface area contributed by atoms with E-state index in [4.69, 9.17) is 5.11 Å². The van der Waals surface area contributed by atoms with E-state index >= 15 is 0 Å². The molecule has 0 fully saturated rings. The molecule has 0 heterocycles. The zero-order valence-electron chi connectivity index (χ0n) is 11.0. The number of hydrogen-bond donors (Lipinski definition) is 2. The zero-order chi connectivity index (χ0) is 14.3. The lowest BCUT2D eigenvalue weighted by molar-refractivity contribution is -0.148. The third-order valence-corrected chi connectivity index (χ3v) is 3.00. The van der Waals surface area contributed by atoms with Crippen LogP contribution < -0.4 is 5.32 Å². The van der Waals surface area contributed by atoms with Gasteiger partial charge < -0.3 is 15.2 Å². The molecule has 0 saturated heterocycles. The summed E-state index contributed by atoms with van der Waals surface area (Å²) in [4.78, 5) is 33.7. The maximum absolute atomic E-state index is 11.7. The molecule has 1 amide bonds. The first kappa shape index (κ1) is 15.2. The van der Waals surface area contributed by atoms with Crippen molar-refractivity contribution < 1.29 is 24.2 Å². The maximum Gasteiger partial charge on any atom is 0.326 e. The number of allylic oxidation sites excluding steroid dienone is 1. The first-order valence-corrected chi connectivity index (χ1v) is 6.30. The lowest BCUT2D eigenvalue weighted by atomic mass is 9.97. The second-order valence-electron chi connectivity index (χ2n) is 4.52. The number of rotatable bonds is 6. The molecule has 6 nitrogen and oxygen atoms in total. The summed E-state index contributed by atoms with van der Waals surface area (Å²) in [5, 5.41) is 11.3. The second-order valence-corrected chi connectivity index (χ2v) is 4.52. The number of carboxylic acids is 1. The van der Waals surface area contributed by atoms with Crippen molar-refractivity contribution in [2.45, 2.75) is 44.6 Å². The molecule has 106 valence electrons. The van der Waals surface area contributed by atoms with Crippen molar-refractivity contribution in [3.8, 4) is 0 Å². The highest BCUT2D eigenvalue weighted by molar-refractivity contribution is 5.87. The molecular weight excluding hydrogens is 250 g/mol. The fraction of sp³-hybridized carbons (Fsp3) is 0.615. The third-order valence-electron chi connectivity index (χ3n) is 3.00. The number of esters is 1. The minimum Gasteiger partial charge on any atom is -0.480 e. The fourth-order valence-electron chi connectivity index (χ4n) is 1.97. The predicted octanol–water partition coefficient (Wildman–Crippen LogP) is 1.01. The standard InChI is InChI=1S/C13H19NO5/c1-19-12(16)8-10(13(17)18)14-11(15)7-9-5-3-2-4-6-9/h5,10H,2-4,6-8H2,1H3,(H,14,15)(H,17,18)/t10-/m0/s1. The predicted molar refractivity (Wildman–Crippen MR) is 67.4 cm³/mol. The number of aliphatic carboxylic acids is 1. The molecule has 0 saturated carbocycles. The van der Waals surface area contributed by atoms with E-state index in [0.717, 1.165) is 31.3 Å². The van der Waals surface area contributed by atoms with Crippen molar-refractivity contribution >= 4 is 17.8 Å². The fourth-order valence-corrected chi connectivity index (χ4v) is 1.97.